The number of alkyl halides is 3. The van der Waals surface area contributed by atoms with Gasteiger partial charge >= 0.3 is 6.18 Å². The molecule has 3 aliphatic rings. The molecule has 0 spiro atoms. The number of allylic oxidation sites excluding steroid dienone is 1. The molecule has 1 aliphatic heterocycles. The predicted molar refractivity (Wildman–Crippen MR) is 146 cm³/mol. The largest absolute Gasteiger partial charge is 0.418 e. The second-order valence-electron chi connectivity index (χ2n) is 11.0. The van der Waals surface area contributed by atoms with Crippen molar-refractivity contribution in [1.82, 2.24) is 14.5 Å². The van der Waals surface area contributed by atoms with E-state index in [2.05, 4.69) is 35.3 Å². The Morgan fingerprint density at radius 3 is 2.49 bits per heavy atom. The minimum Gasteiger partial charge on any atom is -0.342 e. The number of rotatable bonds is 5. The summed E-state index contributed by atoms with van der Waals surface area (Å²) in [5.41, 5.74) is 5.20. The summed E-state index contributed by atoms with van der Waals surface area (Å²) in [6, 6.07) is 18.6. The van der Waals surface area contributed by atoms with Crippen LogP contribution in [0.5, 0.6) is 0 Å². The van der Waals surface area contributed by atoms with Crippen molar-refractivity contribution >= 4 is 23.0 Å². The Bertz CT molecular complexity index is 1610. The van der Waals surface area contributed by atoms with Crippen molar-refractivity contribution < 1.29 is 18.0 Å². The molecule has 0 bridgehead atoms. The molecule has 7 rings (SSSR count). The summed E-state index contributed by atoms with van der Waals surface area (Å²) < 4.78 is 43.7. The van der Waals surface area contributed by atoms with Gasteiger partial charge in [0.1, 0.15) is 11.3 Å². The van der Waals surface area contributed by atoms with Crippen LogP contribution in [0.15, 0.2) is 66.7 Å². The van der Waals surface area contributed by atoms with Gasteiger partial charge in [0.15, 0.2) is 0 Å². The van der Waals surface area contributed by atoms with Gasteiger partial charge in [-0.15, -0.1) is 0 Å². The van der Waals surface area contributed by atoms with Crippen LogP contribution in [0.2, 0.25) is 0 Å². The molecule has 1 saturated heterocycles. The first kappa shape index (κ1) is 24.2. The number of amides is 1. The molecule has 2 fully saturated rings. The number of halogens is 3. The monoisotopic (exact) mass is 527 g/mol. The molecule has 1 saturated carbocycles. The molecule has 4 aromatic rings. The lowest BCUT2D eigenvalue weighted by Gasteiger charge is -2.18. The molecule has 198 valence electrons. The Hall–Kier alpha value is -3.87. The minimum atomic E-state index is -4.50. The molecule has 4 nitrogen and oxygen atoms in total. The normalized spacial score (nSPS) is 18.7. The van der Waals surface area contributed by atoms with E-state index in [9.17, 15) is 18.0 Å². The molecule has 2 aliphatic carbocycles. The van der Waals surface area contributed by atoms with Crippen molar-refractivity contribution in [2.24, 2.45) is 11.8 Å². The van der Waals surface area contributed by atoms with Gasteiger partial charge in [-0.3, -0.25) is 4.79 Å². The van der Waals surface area contributed by atoms with Crippen LogP contribution in [0.1, 0.15) is 36.0 Å². The number of para-hydroxylation sites is 1. The number of nitrogens with zero attached hydrogens (tertiary/aromatic N) is 3. The van der Waals surface area contributed by atoms with Gasteiger partial charge in [-0.1, -0.05) is 60.7 Å². The van der Waals surface area contributed by atoms with Gasteiger partial charge in [0.05, 0.1) is 11.1 Å². The van der Waals surface area contributed by atoms with Crippen molar-refractivity contribution in [3.05, 3.63) is 83.4 Å². The van der Waals surface area contributed by atoms with Crippen molar-refractivity contribution in [3.8, 4) is 22.5 Å². The fourth-order valence-electron chi connectivity index (χ4n) is 6.06. The Kier molecular flexibility index (Phi) is 5.65. The van der Waals surface area contributed by atoms with Gasteiger partial charge in [-0.25, -0.2) is 4.98 Å². The number of carbonyl (C=O) groups is 1. The fourth-order valence-corrected chi connectivity index (χ4v) is 6.06. The summed E-state index contributed by atoms with van der Waals surface area (Å²) in [5.74, 6) is 1.09. The summed E-state index contributed by atoms with van der Waals surface area (Å²) in [5, 5.41) is 0. The number of fused-ring (bicyclic) bond motifs is 2. The van der Waals surface area contributed by atoms with Crippen LogP contribution in [0.25, 0.3) is 39.6 Å². The number of hydrogen-bond acceptors (Lipinski definition) is 2. The average Bonchev–Trinajstić information content (AvgIpc) is 3.32. The smallest absolute Gasteiger partial charge is 0.342 e. The van der Waals surface area contributed by atoms with Gasteiger partial charge in [0.25, 0.3) is 0 Å². The van der Waals surface area contributed by atoms with E-state index in [0.29, 0.717) is 31.0 Å². The van der Waals surface area contributed by atoms with Crippen LogP contribution in [0.4, 0.5) is 13.2 Å². The van der Waals surface area contributed by atoms with E-state index in [1.54, 1.807) is 6.07 Å². The van der Waals surface area contributed by atoms with Gasteiger partial charge < -0.3 is 9.47 Å². The second-order valence-corrected chi connectivity index (χ2v) is 11.0. The van der Waals surface area contributed by atoms with E-state index < -0.39 is 11.7 Å². The number of carbonyl (C=O) groups excluding carboxylic acids is 1. The summed E-state index contributed by atoms with van der Waals surface area (Å²) >= 11 is 0. The van der Waals surface area contributed by atoms with E-state index in [1.807, 2.05) is 33.7 Å². The van der Waals surface area contributed by atoms with Crippen LogP contribution >= 0.6 is 0 Å². The molecule has 1 amide bonds. The summed E-state index contributed by atoms with van der Waals surface area (Å²) in [4.78, 5) is 19.1. The van der Waals surface area contributed by atoms with E-state index in [4.69, 9.17) is 0 Å². The molecular weight excluding hydrogens is 499 g/mol. The molecule has 2 heterocycles. The molecule has 0 unspecified atom stereocenters. The number of hydrogen-bond donors (Lipinski definition) is 0. The molecule has 1 aromatic heterocycles. The van der Waals surface area contributed by atoms with Crippen LogP contribution < -0.4 is 0 Å². The van der Waals surface area contributed by atoms with E-state index in [0.717, 1.165) is 48.4 Å². The third kappa shape index (κ3) is 4.44. The molecule has 3 aromatic carbocycles. The second kappa shape index (κ2) is 9.11. The number of imidazole rings is 1. The zero-order valence-corrected chi connectivity index (χ0v) is 21.4. The standard InChI is InChI=1S/C32H28F3N3O/c33-32(34,35)27-5-2-6-28-29(27)36-30(38(28)19-20-15-16-37(18-20)31(39)24-12-13-24)23-10-7-22(8-11-23)26-14-9-21-3-1-4-25(21)17-26/h1-3,5-11,14,17,20,24H,4,12-13,15-16,18-19H2/t20-/m1/s1. The van der Waals surface area contributed by atoms with E-state index >= 15 is 0 Å². The minimum absolute atomic E-state index is 0.0286. The van der Waals surface area contributed by atoms with Crippen molar-refractivity contribution in [1.29, 1.82) is 0 Å². The third-order valence-electron chi connectivity index (χ3n) is 8.30. The first-order valence-corrected chi connectivity index (χ1v) is 13.6. The third-order valence-corrected chi connectivity index (χ3v) is 8.30. The van der Waals surface area contributed by atoms with Crippen molar-refractivity contribution in [3.63, 3.8) is 0 Å². The van der Waals surface area contributed by atoms with Crippen molar-refractivity contribution in [2.45, 2.75) is 38.4 Å². The highest BCUT2D eigenvalue weighted by molar-refractivity contribution is 5.85. The van der Waals surface area contributed by atoms with Crippen LogP contribution in [0.3, 0.4) is 0 Å². The molecule has 39 heavy (non-hydrogen) atoms. The quantitative estimate of drug-likeness (QED) is 0.275. The van der Waals surface area contributed by atoms with Gasteiger partial charge in [-0.2, -0.15) is 13.2 Å². The Labute approximate surface area is 224 Å². The highest BCUT2D eigenvalue weighted by atomic mass is 19.4. The first-order valence-electron chi connectivity index (χ1n) is 13.6. The fraction of sp³-hybridized carbons (Fsp3) is 0.312. The topological polar surface area (TPSA) is 38.1 Å². The zero-order valence-electron chi connectivity index (χ0n) is 21.4. The first-order chi connectivity index (χ1) is 18.8. The summed E-state index contributed by atoms with van der Waals surface area (Å²) in [7, 11) is 0. The predicted octanol–water partition coefficient (Wildman–Crippen LogP) is 7.22. The van der Waals surface area contributed by atoms with Gasteiger partial charge in [0.2, 0.25) is 5.91 Å². The number of aromatic nitrogens is 2. The number of likely N-dealkylation sites (tertiary alicyclic amines) is 1. The number of benzene rings is 3. The molecule has 7 heteroatoms. The lowest BCUT2D eigenvalue weighted by molar-refractivity contribution is -0.136. The zero-order chi connectivity index (χ0) is 26.7. The van der Waals surface area contributed by atoms with Crippen LogP contribution in [0, 0.1) is 11.8 Å². The molecule has 0 radical (unpaired) electrons. The van der Waals surface area contributed by atoms with Crippen molar-refractivity contribution in [2.75, 3.05) is 13.1 Å². The van der Waals surface area contributed by atoms with Crippen LogP contribution in [-0.2, 0) is 23.9 Å². The maximum Gasteiger partial charge on any atom is 0.418 e. The summed E-state index contributed by atoms with van der Waals surface area (Å²) in [6.07, 6.45) is 3.49. The molecule has 1 atom stereocenters. The van der Waals surface area contributed by atoms with Gasteiger partial charge in [0, 0.05) is 31.1 Å². The van der Waals surface area contributed by atoms with E-state index in [-0.39, 0.29) is 23.3 Å². The summed E-state index contributed by atoms with van der Waals surface area (Å²) in [6.45, 7) is 1.86. The molecule has 0 N–H and O–H groups in total. The van der Waals surface area contributed by atoms with E-state index in [1.165, 1.54) is 17.2 Å². The highest BCUT2D eigenvalue weighted by Crippen LogP contribution is 2.38. The maximum atomic E-state index is 13.9. The Morgan fingerprint density at radius 2 is 1.72 bits per heavy atom. The maximum absolute atomic E-state index is 13.9. The lowest BCUT2D eigenvalue weighted by atomic mass is 9.99. The SMILES string of the molecule is O=C(C1CC1)N1CC[C@@H](Cn2c(-c3ccc(-c4ccc5c(c4)CC=C5)cc3)nc3c(C(F)(F)F)cccc32)C1. The Morgan fingerprint density at radius 1 is 0.949 bits per heavy atom. The van der Waals surface area contributed by atoms with Gasteiger partial charge in [-0.05, 0) is 66.0 Å². The average molecular weight is 528 g/mol. The van der Waals surface area contributed by atoms with Crippen LogP contribution in [-0.4, -0.2) is 33.4 Å². The lowest BCUT2D eigenvalue weighted by Crippen LogP contribution is -2.30. The highest BCUT2D eigenvalue weighted by Gasteiger charge is 2.38. The Balaban J connectivity index is 1.25. The molecular formula is C32H28F3N3O.